The van der Waals surface area contributed by atoms with Crippen LogP contribution in [0.4, 0.5) is 4.79 Å². The number of nitrogens with zero attached hydrogens (tertiary/aromatic N) is 1. The number of carbonyl (C=O) groups is 1. The molecule has 0 aliphatic carbocycles. The maximum Gasteiger partial charge on any atom is 0.410 e. The molecule has 0 unspecified atom stereocenters. The standard InChI is InChI=1S/C12H22N2O2/c1-12(2,3)16-11(15)14-7-5-10-9(8-14)4-6-13-10/h9-10,13H,4-8H2,1-3H3/t9-,10+/m1/s1. The number of hydrogen-bond acceptors (Lipinski definition) is 3. The van der Waals surface area contributed by atoms with Crippen molar-refractivity contribution in [2.24, 2.45) is 5.92 Å². The van der Waals surface area contributed by atoms with Gasteiger partial charge in [0.2, 0.25) is 0 Å². The van der Waals surface area contributed by atoms with E-state index in [9.17, 15) is 4.79 Å². The number of hydrogen-bond donors (Lipinski definition) is 1. The first-order valence-corrected chi connectivity index (χ1v) is 6.17. The van der Waals surface area contributed by atoms with Crippen LogP contribution in [0.5, 0.6) is 0 Å². The van der Waals surface area contributed by atoms with E-state index >= 15 is 0 Å². The molecule has 0 bridgehead atoms. The van der Waals surface area contributed by atoms with E-state index in [2.05, 4.69) is 5.32 Å². The largest absolute Gasteiger partial charge is 0.444 e. The molecule has 0 spiro atoms. The third-order valence-electron chi connectivity index (χ3n) is 3.31. The highest BCUT2D eigenvalue weighted by Gasteiger charge is 2.35. The fraction of sp³-hybridized carbons (Fsp3) is 0.917. The average Bonchev–Trinajstić information content (AvgIpc) is 2.61. The average molecular weight is 226 g/mol. The maximum absolute atomic E-state index is 11.9. The summed E-state index contributed by atoms with van der Waals surface area (Å²) in [6.07, 6.45) is 2.09. The number of amides is 1. The van der Waals surface area contributed by atoms with Gasteiger partial charge in [0.25, 0.3) is 0 Å². The fourth-order valence-electron chi connectivity index (χ4n) is 2.54. The molecule has 0 aromatic carbocycles. The predicted octanol–water partition coefficient (Wildman–Crippen LogP) is 1.61. The van der Waals surface area contributed by atoms with Gasteiger partial charge < -0.3 is 15.0 Å². The third-order valence-corrected chi connectivity index (χ3v) is 3.31. The van der Waals surface area contributed by atoms with E-state index in [-0.39, 0.29) is 11.7 Å². The molecule has 92 valence electrons. The van der Waals surface area contributed by atoms with Crippen molar-refractivity contribution in [3.05, 3.63) is 0 Å². The molecular weight excluding hydrogens is 204 g/mol. The first-order chi connectivity index (χ1) is 7.46. The number of likely N-dealkylation sites (tertiary alicyclic amines) is 1. The first kappa shape index (κ1) is 11.7. The number of nitrogens with one attached hydrogen (secondary N) is 1. The minimum atomic E-state index is -0.387. The Morgan fingerprint density at radius 2 is 2.12 bits per heavy atom. The minimum Gasteiger partial charge on any atom is -0.444 e. The number of fused-ring (bicyclic) bond motifs is 1. The quantitative estimate of drug-likeness (QED) is 0.682. The summed E-state index contributed by atoms with van der Waals surface area (Å²) in [5.74, 6) is 0.626. The lowest BCUT2D eigenvalue weighted by atomic mass is 9.94. The number of rotatable bonds is 0. The van der Waals surface area contributed by atoms with Crippen LogP contribution in [0.1, 0.15) is 33.6 Å². The van der Waals surface area contributed by atoms with E-state index in [0.29, 0.717) is 12.0 Å². The topological polar surface area (TPSA) is 41.6 Å². The lowest BCUT2D eigenvalue weighted by Gasteiger charge is -2.35. The predicted molar refractivity (Wildman–Crippen MR) is 62.3 cm³/mol. The van der Waals surface area contributed by atoms with Crippen LogP contribution in [0.15, 0.2) is 0 Å². The van der Waals surface area contributed by atoms with E-state index in [4.69, 9.17) is 4.74 Å². The van der Waals surface area contributed by atoms with Gasteiger partial charge in [0.1, 0.15) is 5.60 Å². The summed E-state index contributed by atoms with van der Waals surface area (Å²) in [7, 11) is 0. The molecular formula is C12H22N2O2. The van der Waals surface area contributed by atoms with Crippen LogP contribution in [0.25, 0.3) is 0 Å². The molecule has 0 saturated carbocycles. The van der Waals surface area contributed by atoms with Crippen LogP contribution in [0.2, 0.25) is 0 Å². The van der Waals surface area contributed by atoms with Crippen molar-refractivity contribution >= 4 is 6.09 Å². The molecule has 4 heteroatoms. The summed E-state index contributed by atoms with van der Waals surface area (Å²) in [6.45, 7) is 8.51. The molecule has 0 aromatic rings. The van der Waals surface area contributed by atoms with Crippen LogP contribution in [-0.2, 0) is 4.74 Å². The molecule has 2 heterocycles. The van der Waals surface area contributed by atoms with Gasteiger partial charge >= 0.3 is 6.09 Å². The van der Waals surface area contributed by atoms with E-state index < -0.39 is 0 Å². The van der Waals surface area contributed by atoms with Crippen LogP contribution in [0, 0.1) is 5.92 Å². The fourth-order valence-corrected chi connectivity index (χ4v) is 2.54. The molecule has 4 nitrogen and oxygen atoms in total. The van der Waals surface area contributed by atoms with Gasteiger partial charge in [-0.15, -0.1) is 0 Å². The molecule has 2 fully saturated rings. The van der Waals surface area contributed by atoms with E-state index in [1.165, 1.54) is 6.42 Å². The minimum absolute atomic E-state index is 0.155. The molecule has 2 saturated heterocycles. The molecule has 2 aliphatic rings. The molecule has 2 atom stereocenters. The molecule has 0 aromatic heterocycles. The van der Waals surface area contributed by atoms with Gasteiger partial charge in [0.05, 0.1) is 0 Å². The van der Waals surface area contributed by atoms with E-state index in [1.807, 2.05) is 25.7 Å². The highest BCUT2D eigenvalue weighted by molar-refractivity contribution is 5.68. The van der Waals surface area contributed by atoms with Crippen molar-refractivity contribution in [1.82, 2.24) is 10.2 Å². The summed E-state index contributed by atoms with van der Waals surface area (Å²) in [4.78, 5) is 13.7. The Morgan fingerprint density at radius 1 is 1.38 bits per heavy atom. The zero-order valence-corrected chi connectivity index (χ0v) is 10.5. The zero-order valence-electron chi connectivity index (χ0n) is 10.5. The van der Waals surface area contributed by atoms with E-state index in [1.54, 1.807) is 0 Å². The normalized spacial score (nSPS) is 30.1. The van der Waals surface area contributed by atoms with Crippen molar-refractivity contribution in [2.45, 2.75) is 45.3 Å². The van der Waals surface area contributed by atoms with Crippen molar-refractivity contribution in [3.63, 3.8) is 0 Å². The van der Waals surface area contributed by atoms with Crippen molar-refractivity contribution in [3.8, 4) is 0 Å². The molecule has 1 N–H and O–H groups in total. The summed E-state index contributed by atoms with van der Waals surface area (Å²) in [5, 5.41) is 3.49. The summed E-state index contributed by atoms with van der Waals surface area (Å²) < 4.78 is 5.39. The Kier molecular flexibility index (Phi) is 3.10. The van der Waals surface area contributed by atoms with Gasteiger partial charge in [-0.2, -0.15) is 0 Å². The maximum atomic E-state index is 11.9. The smallest absolute Gasteiger partial charge is 0.410 e. The van der Waals surface area contributed by atoms with Crippen LogP contribution < -0.4 is 5.32 Å². The van der Waals surface area contributed by atoms with E-state index in [0.717, 1.165) is 26.1 Å². The SMILES string of the molecule is CC(C)(C)OC(=O)N1CC[C@@H]2NCC[C@@H]2C1. The van der Waals surface area contributed by atoms with Crippen LogP contribution in [0.3, 0.4) is 0 Å². The Morgan fingerprint density at radius 3 is 2.81 bits per heavy atom. The van der Waals surface area contributed by atoms with Gasteiger partial charge in [0.15, 0.2) is 0 Å². The van der Waals surface area contributed by atoms with Gasteiger partial charge in [-0.25, -0.2) is 4.79 Å². The third kappa shape index (κ3) is 2.67. The number of ether oxygens (including phenoxy) is 1. The number of carbonyl (C=O) groups excluding carboxylic acids is 1. The summed E-state index contributed by atoms with van der Waals surface area (Å²) in [6, 6.07) is 0.624. The molecule has 1 amide bonds. The Hall–Kier alpha value is -0.770. The Labute approximate surface area is 97.3 Å². The highest BCUT2D eigenvalue weighted by atomic mass is 16.6. The lowest BCUT2D eigenvalue weighted by Crippen LogP contribution is -2.48. The van der Waals surface area contributed by atoms with Gasteiger partial charge in [-0.3, -0.25) is 0 Å². The Balaban J connectivity index is 1.89. The molecule has 0 radical (unpaired) electrons. The van der Waals surface area contributed by atoms with Gasteiger partial charge in [-0.1, -0.05) is 0 Å². The zero-order chi connectivity index (χ0) is 11.8. The monoisotopic (exact) mass is 226 g/mol. The second-order valence-corrected chi connectivity index (χ2v) is 5.82. The number of piperidine rings is 1. The second kappa shape index (κ2) is 4.24. The molecule has 2 rings (SSSR count). The van der Waals surface area contributed by atoms with Gasteiger partial charge in [0, 0.05) is 19.1 Å². The van der Waals surface area contributed by atoms with Crippen molar-refractivity contribution < 1.29 is 9.53 Å². The van der Waals surface area contributed by atoms with Crippen LogP contribution >= 0.6 is 0 Å². The molecule has 16 heavy (non-hydrogen) atoms. The van der Waals surface area contributed by atoms with Crippen LogP contribution in [-0.4, -0.2) is 42.3 Å². The summed E-state index contributed by atoms with van der Waals surface area (Å²) >= 11 is 0. The highest BCUT2D eigenvalue weighted by Crippen LogP contribution is 2.25. The van der Waals surface area contributed by atoms with Gasteiger partial charge in [-0.05, 0) is 46.1 Å². The van der Waals surface area contributed by atoms with Crippen molar-refractivity contribution in [2.75, 3.05) is 19.6 Å². The van der Waals surface area contributed by atoms with Crippen molar-refractivity contribution in [1.29, 1.82) is 0 Å². The lowest BCUT2D eigenvalue weighted by molar-refractivity contribution is 0.0157. The molecule has 2 aliphatic heterocycles. The second-order valence-electron chi connectivity index (χ2n) is 5.82. The summed E-state index contributed by atoms with van der Waals surface area (Å²) in [5.41, 5.74) is -0.387. The first-order valence-electron chi connectivity index (χ1n) is 6.17. The Bertz CT molecular complexity index is 273.